The van der Waals surface area contributed by atoms with E-state index in [1.54, 1.807) is 12.1 Å². The highest BCUT2D eigenvalue weighted by molar-refractivity contribution is 5.99. The van der Waals surface area contributed by atoms with Crippen LogP contribution in [0.15, 0.2) is 59.7 Å². The molecule has 6 nitrogen and oxygen atoms in total. The Balaban J connectivity index is 1.76. The maximum absolute atomic E-state index is 12.1. The van der Waals surface area contributed by atoms with Crippen LogP contribution in [0, 0.1) is 0 Å². The molecule has 120 valence electrons. The van der Waals surface area contributed by atoms with Gasteiger partial charge in [-0.3, -0.25) is 4.79 Å². The van der Waals surface area contributed by atoms with Gasteiger partial charge in [0.1, 0.15) is 5.75 Å². The molecule has 0 aliphatic heterocycles. The summed E-state index contributed by atoms with van der Waals surface area (Å²) in [6, 6.07) is 15.1. The smallest absolute Gasteiger partial charge is 0.271 e. The number of carbonyl (C=O) groups is 1. The van der Waals surface area contributed by atoms with Crippen LogP contribution in [0.25, 0.3) is 10.8 Å². The minimum Gasteiger partial charge on any atom is -0.507 e. The minimum atomic E-state index is -0.440. The van der Waals surface area contributed by atoms with Crippen molar-refractivity contribution in [2.24, 2.45) is 5.10 Å². The van der Waals surface area contributed by atoms with Crippen LogP contribution in [0.3, 0.4) is 0 Å². The van der Waals surface area contributed by atoms with Crippen molar-refractivity contribution >= 4 is 22.9 Å². The number of carbonyl (C=O) groups excluding carboxylic acids is 1. The van der Waals surface area contributed by atoms with Gasteiger partial charge < -0.3 is 15.3 Å². The van der Waals surface area contributed by atoms with E-state index < -0.39 is 17.4 Å². The Hall–Kier alpha value is -3.54. The van der Waals surface area contributed by atoms with Gasteiger partial charge in [0.15, 0.2) is 11.5 Å². The molecule has 6 heteroatoms. The third-order valence-electron chi connectivity index (χ3n) is 3.51. The molecule has 1 amide bonds. The Bertz CT molecular complexity index is 951. The van der Waals surface area contributed by atoms with E-state index in [0.29, 0.717) is 5.56 Å². The summed E-state index contributed by atoms with van der Waals surface area (Å²) in [5.74, 6) is -1.51. The second-order valence-electron chi connectivity index (χ2n) is 5.16. The van der Waals surface area contributed by atoms with Crippen molar-refractivity contribution in [3.8, 4) is 17.2 Å². The quantitative estimate of drug-likeness (QED) is 0.258. The van der Waals surface area contributed by atoms with E-state index in [1.165, 1.54) is 6.21 Å². The molecule has 24 heavy (non-hydrogen) atoms. The summed E-state index contributed by atoms with van der Waals surface area (Å²) in [5, 5.41) is 34.0. The van der Waals surface area contributed by atoms with E-state index in [4.69, 9.17) is 0 Å². The predicted molar refractivity (Wildman–Crippen MR) is 90.4 cm³/mol. The van der Waals surface area contributed by atoms with Crippen LogP contribution < -0.4 is 5.43 Å². The number of nitrogens with zero attached hydrogens (tertiary/aromatic N) is 1. The maximum atomic E-state index is 12.1. The summed E-state index contributed by atoms with van der Waals surface area (Å²) < 4.78 is 0. The number of rotatable bonds is 3. The largest absolute Gasteiger partial charge is 0.507 e. The van der Waals surface area contributed by atoms with Crippen LogP contribution in [0.4, 0.5) is 0 Å². The van der Waals surface area contributed by atoms with Gasteiger partial charge in [-0.2, -0.15) is 5.10 Å². The summed E-state index contributed by atoms with van der Waals surface area (Å²) in [6.45, 7) is 0. The average Bonchev–Trinajstić information content (AvgIpc) is 2.58. The van der Waals surface area contributed by atoms with Crippen LogP contribution in [0.2, 0.25) is 0 Å². The number of phenolic OH excluding ortho intramolecular Hbond substituents is 3. The van der Waals surface area contributed by atoms with Crippen molar-refractivity contribution in [1.29, 1.82) is 0 Å². The second-order valence-corrected chi connectivity index (χ2v) is 5.16. The standard InChI is InChI=1S/C18H14N2O4/c21-15-9-17(23)16(22)8-14(15)10-19-20-18(24)13-6-5-11-3-1-2-4-12(11)7-13/h1-10,21-23H,(H,20,24). The maximum Gasteiger partial charge on any atom is 0.271 e. The highest BCUT2D eigenvalue weighted by Crippen LogP contribution is 2.31. The van der Waals surface area contributed by atoms with Gasteiger partial charge in [-0.15, -0.1) is 0 Å². The summed E-state index contributed by atoms with van der Waals surface area (Å²) in [4.78, 5) is 12.1. The van der Waals surface area contributed by atoms with E-state index >= 15 is 0 Å². The van der Waals surface area contributed by atoms with E-state index in [2.05, 4.69) is 10.5 Å². The number of hydrazone groups is 1. The number of fused-ring (bicyclic) bond motifs is 1. The Labute approximate surface area is 137 Å². The lowest BCUT2D eigenvalue weighted by Crippen LogP contribution is -2.17. The molecule has 0 heterocycles. The zero-order valence-corrected chi connectivity index (χ0v) is 12.5. The molecular weight excluding hydrogens is 308 g/mol. The molecule has 0 spiro atoms. The zero-order chi connectivity index (χ0) is 17.1. The number of aromatic hydroxyl groups is 3. The van der Waals surface area contributed by atoms with Gasteiger partial charge in [0.2, 0.25) is 0 Å². The SMILES string of the molecule is O=C(NN=Cc1cc(O)c(O)cc1O)c1ccc2ccccc2c1. The van der Waals surface area contributed by atoms with Gasteiger partial charge in [0, 0.05) is 17.2 Å². The summed E-state index contributed by atoms with van der Waals surface area (Å²) in [6.07, 6.45) is 1.17. The molecule has 0 aliphatic rings. The third kappa shape index (κ3) is 3.12. The van der Waals surface area contributed by atoms with Gasteiger partial charge in [-0.1, -0.05) is 30.3 Å². The van der Waals surface area contributed by atoms with Gasteiger partial charge >= 0.3 is 0 Å². The van der Waals surface area contributed by atoms with Crippen molar-refractivity contribution in [3.05, 3.63) is 65.7 Å². The van der Waals surface area contributed by atoms with Crippen molar-refractivity contribution in [3.63, 3.8) is 0 Å². The van der Waals surface area contributed by atoms with E-state index in [-0.39, 0.29) is 11.3 Å². The number of amides is 1. The normalized spacial score (nSPS) is 11.0. The fourth-order valence-electron chi connectivity index (χ4n) is 2.24. The van der Waals surface area contributed by atoms with Crippen molar-refractivity contribution in [1.82, 2.24) is 5.43 Å². The van der Waals surface area contributed by atoms with Gasteiger partial charge in [0.25, 0.3) is 5.91 Å². The lowest BCUT2D eigenvalue weighted by atomic mass is 10.1. The zero-order valence-electron chi connectivity index (χ0n) is 12.5. The summed E-state index contributed by atoms with van der Waals surface area (Å²) in [7, 11) is 0. The van der Waals surface area contributed by atoms with Crippen LogP contribution >= 0.6 is 0 Å². The first-order chi connectivity index (χ1) is 11.5. The van der Waals surface area contributed by atoms with E-state index in [1.807, 2.05) is 30.3 Å². The first kappa shape index (κ1) is 15.4. The number of nitrogens with one attached hydrogen (secondary N) is 1. The Morgan fingerprint density at radius 3 is 2.38 bits per heavy atom. The Morgan fingerprint density at radius 1 is 0.875 bits per heavy atom. The number of hydrogen-bond acceptors (Lipinski definition) is 5. The molecule has 0 saturated carbocycles. The fraction of sp³-hybridized carbons (Fsp3) is 0. The van der Waals surface area contributed by atoms with Crippen LogP contribution in [0.5, 0.6) is 17.2 Å². The molecule has 0 fully saturated rings. The third-order valence-corrected chi connectivity index (χ3v) is 3.51. The number of hydrogen-bond donors (Lipinski definition) is 4. The monoisotopic (exact) mass is 322 g/mol. The highest BCUT2D eigenvalue weighted by Gasteiger charge is 2.07. The molecule has 0 unspecified atom stereocenters. The molecule has 4 N–H and O–H groups in total. The van der Waals surface area contributed by atoms with E-state index in [0.717, 1.165) is 22.9 Å². The molecule has 0 bridgehead atoms. The lowest BCUT2D eigenvalue weighted by molar-refractivity contribution is 0.0955. The molecule has 3 aromatic rings. The average molecular weight is 322 g/mol. The molecular formula is C18H14N2O4. The Kier molecular flexibility index (Phi) is 4.03. The number of benzene rings is 3. The van der Waals surface area contributed by atoms with Crippen molar-refractivity contribution in [2.75, 3.05) is 0 Å². The predicted octanol–water partition coefficient (Wildman–Crippen LogP) is 2.72. The molecule has 0 atom stereocenters. The van der Waals surface area contributed by atoms with Gasteiger partial charge in [-0.05, 0) is 29.0 Å². The minimum absolute atomic E-state index is 0.157. The molecule has 0 saturated heterocycles. The molecule has 0 aliphatic carbocycles. The van der Waals surface area contributed by atoms with Crippen LogP contribution in [0.1, 0.15) is 15.9 Å². The van der Waals surface area contributed by atoms with Gasteiger partial charge in [0.05, 0.1) is 6.21 Å². The molecule has 3 rings (SSSR count). The first-order valence-electron chi connectivity index (χ1n) is 7.12. The van der Waals surface area contributed by atoms with Crippen LogP contribution in [-0.4, -0.2) is 27.4 Å². The van der Waals surface area contributed by atoms with Crippen molar-refractivity contribution < 1.29 is 20.1 Å². The van der Waals surface area contributed by atoms with Crippen molar-refractivity contribution in [2.45, 2.75) is 0 Å². The second kappa shape index (κ2) is 6.29. The fourth-order valence-corrected chi connectivity index (χ4v) is 2.24. The molecule has 0 radical (unpaired) electrons. The summed E-state index contributed by atoms with van der Waals surface area (Å²) in [5.41, 5.74) is 2.95. The lowest BCUT2D eigenvalue weighted by Gasteiger charge is -2.04. The first-order valence-corrected chi connectivity index (χ1v) is 7.12. The van der Waals surface area contributed by atoms with Crippen LogP contribution in [-0.2, 0) is 0 Å². The number of phenols is 3. The topological polar surface area (TPSA) is 102 Å². The summed E-state index contributed by atoms with van der Waals surface area (Å²) >= 11 is 0. The van der Waals surface area contributed by atoms with E-state index in [9.17, 15) is 20.1 Å². The highest BCUT2D eigenvalue weighted by atomic mass is 16.3. The van der Waals surface area contributed by atoms with Gasteiger partial charge in [-0.25, -0.2) is 5.43 Å². The molecule has 3 aromatic carbocycles. The molecule has 0 aromatic heterocycles. The Morgan fingerprint density at radius 2 is 1.58 bits per heavy atom.